The van der Waals surface area contributed by atoms with E-state index in [1.54, 1.807) is 7.11 Å². The number of carbonyl (C=O) groups is 1. The molecule has 0 unspecified atom stereocenters. The summed E-state index contributed by atoms with van der Waals surface area (Å²) in [5.74, 6) is 2.33. The van der Waals surface area contributed by atoms with E-state index in [2.05, 4.69) is 15.5 Å². The number of amides is 1. The van der Waals surface area contributed by atoms with Gasteiger partial charge in [0.05, 0.1) is 13.7 Å². The largest absolute Gasteiger partial charge is 0.493 e. The summed E-state index contributed by atoms with van der Waals surface area (Å²) in [5, 5.41) is 6.86. The number of aromatic nitrogens is 2. The van der Waals surface area contributed by atoms with E-state index in [1.807, 2.05) is 39.0 Å². The van der Waals surface area contributed by atoms with Crippen LogP contribution in [0.3, 0.4) is 0 Å². The van der Waals surface area contributed by atoms with E-state index in [4.69, 9.17) is 14.0 Å². The molecule has 0 saturated heterocycles. The van der Waals surface area contributed by atoms with Crippen molar-refractivity contribution in [3.05, 3.63) is 24.1 Å². The Morgan fingerprint density at radius 3 is 2.80 bits per heavy atom. The van der Waals surface area contributed by atoms with Crippen LogP contribution in [0.25, 0.3) is 11.4 Å². The minimum absolute atomic E-state index is 0.0333. The Kier molecular flexibility index (Phi) is 6.80. The van der Waals surface area contributed by atoms with Crippen LogP contribution in [0.2, 0.25) is 0 Å². The summed E-state index contributed by atoms with van der Waals surface area (Å²) in [6, 6.07) is 5.65. The average molecular weight is 347 g/mol. The first-order valence-corrected chi connectivity index (χ1v) is 8.46. The molecule has 25 heavy (non-hydrogen) atoms. The molecule has 0 bridgehead atoms. The lowest BCUT2D eigenvalue weighted by molar-refractivity contribution is -0.121. The van der Waals surface area contributed by atoms with Gasteiger partial charge >= 0.3 is 0 Å². The van der Waals surface area contributed by atoms with Gasteiger partial charge in [0.15, 0.2) is 11.5 Å². The van der Waals surface area contributed by atoms with Gasteiger partial charge in [-0.15, -0.1) is 0 Å². The molecule has 7 heteroatoms. The van der Waals surface area contributed by atoms with Gasteiger partial charge in [-0.3, -0.25) is 4.79 Å². The van der Waals surface area contributed by atoms with Gasteiger partial charge in [0.2, 0.25) is 17.6 Å². The number of nitrogens with zero attached hydrogens (tertiary/aromatic N) is 2. The van der Waals surface area contributed by atoms with Gasteiger partial charge in [-0.2, -0.15) is 4.98 Å². The second kappa shape index (κ2) is 9.05. The molecule has 1 N–H and O–H groups in total. The highest BCUT2D eigenvalue weighted by Crippen LogP contribution is 2.31. The van der Waals surface area contributed by atoms with Gasteiger partial charge < -0.3 is 19.3 Å². The third-order valence-corrected chi connectivity index (χ3v) is 3.43. The number of rotatable bonds is 9. The number of hydrogen-bond acceptors (Lipinski definition) is 6. The zero-order valence-electron chi connectivity index (χ0n) is 15.2. The molecule has 7 nitrogen and oxygen atoms in total. The highest BCUT2D eigenvalue weighted by atomic mass is 16.5. The first-order valence-electron chi connectivity index (χ1n) is 8.46. The second-order valence-corrected chi connectivity index (χ2v) is 5.89. The smallest absolute Gasteiger partial charge is 0.226 e. The molecule has 1 aromatic carbocycles. The van der Waals surface area contributed by atoms with E-state index in [1.165, 1.54) is 0 Å². The van der Waals surface area contributed by atoms with E-state index in [-0.39, 0.29) is 11.9 Å². The van der Waals surface area contributed by atoms with Crippen LogP contribution in [0.4, 0.5) is 0 Å². The van der Waals surface area contributed by atoms with Crippen LogP contribution in [0, 0.1) is 0 Å². The molecule has 0 atom stereocenters. The van der Waals surface area contributed by atoms with Gasteiger partial charge in [-0.25, -0.2) is 0 Å². The summed E-state index contributed by atoms with van der Waals surface area (Å²) in [7, 11) is 1.59. The van der Waals surface area contributed by atoms with Crippen LogP contribution in [0.5, 0.6) is 11.5 Å². The third-order valence-electron chi connectivity index (χ3n) is 3.43. The molecule has 1 heterocycles. The molecular formula is C18H25N3O4. The van der Waals surface area contributed by atoms with Crippen molar-refractivity contribution in [2.45, 2.75) is 46.1 Å². The van der Waals surface area contributed by atoms with E-state index >= 15 is 0 Å². The molecule has 0 radical (unpaired) electrons. The molecule has 0 spiro atoms. The summed E-state index contributed by atoms with van der Waals surface area (Å²) >= 11 is 0. The SMILES string of the molecule is CCOc1ccc(-c2noc(CCCC(=O)NC(C)C)n2)cc1OC. The fourth-order valence-corrected chi connectivity index (χ4v) is 2.35. The average Bonchev–Trinajstić information content (AvgIpc) is 3.03. The van der Waals surface area contributed by atoms with E-state index < -0.39 is 0 Å². The maximum Gasteiger partial charge on any atom is 0.226 e. The van der Waals surface area contributed by atoms with E-state index in [9.17, 15) is 4.79 Å². The fraction of sp³-hybridized carbons (Fsp3) is 0.500. The zero-order chi connectivity index (χ0) is 18.2. The summed E-state index contributed by atoms with van der Waals surface area (Å²) in [6.07, 6.45) is 1.66. The van der Waals surface area contributed by atoms with Gasteiger partial charge in [-0.1, -0.05) is 5.16 Å². The molecular weight excluding hydrogens is 322 g/mol. The van der Waals surface area contributed by atoms with Gasteiger partial charge in [0.1, 0.15) is 0 Å². The van der Waals surface area contributed by atoms with Crippen molar-refractivity contribution in [3.8, 4) is 22.9 Å². The molecule has 1 amide bonds. The van der Waals surface area contributed by atoms with Crippen LogP contribution in [-0.4, -0.2) is 35.8 Å². The maximum atomic E-state index is 11.6. The summed E-state index contributed by atoms with van der Waals surface area (Å²) in [5.41, 5.74) is 0.785. The number of methoxy groups -OCH3 is 1. The highest BCUT2D eigenvalue weighted by Gasteiger charge is 2.13. The Hall–Kier alpha value is -2.57. The Morgan fingerprint density at radius 2 is 2.12 bits per heavy atom. The molecule has 0 saturated carbocycles. The lowest BCUT2D eigenvalue weighted by Gasteiger charge is -2.09. The Morgan fingerprint density at radius 1 is 1.32 bits per heavy atom. The third kappa shape index (κ3) is 5.48. The molecule has 1 aromatic heterocycles. The lowest BCUT2D eigenvalue weighted by Crippen LogP contribution is -2.29. The predicted octanol–water partition coefficient (Wildman–Crippen LogP) is 2.99. The molecule has 136 valence electrons. The number of ether oxygens (including phenoxy) is 2. The van der Waals surface area contributed by atoms with Crippen molar-refractivity contribution >= 4 is 5.91 Å². The van der Waals surface area contributed by atoms with E-state index in [0.29, 0.717) is 49.1 Å². The van der Waals surface area contributed by atoms with Crippen molar-refractivity contribution < 1.29 is 18.8 Å². The number of nitrogens with one attached hydrogen (secondary N) is 1. The van der Waals surface area contributed by atoms with Crippen molar-refractivity contribution in [1.82, 2.24) is 15.5 Å². The van der Waals surface area contributed by atoms with Crippen LogP contribution in [-0.2, 0) is 11.2 Å². The van der Waals surface area contributed by atoms with Crippen LogP contribution < -0.4 is 14.8 Å². The normalized spacial score (nSPS) is 10.8. The van der Waals surface area contributed by atoms with Crippen molar-refractivity contribution in [2.24, 2.45) is 0 Å². The van der Waals surface area contributed by atoms with E-state index in [0.717, 1.165) is 5.56 Å². The van der Waals surface area contributed by atoms with Crippen LogP contribution in [0.1, 0.15) is 39.5 Å². The number of carbonyl (C=O) groups excluding carboxylic acids is 1. The quantitative estimate of drug-likeness (QED) is 0.750. The molecule has 0 aliphatic rings. The van der Waals surface area contributed by atoms with Gasteiger partial charge in [0, 0.05) is 24.4 Å². The summed E-state index contributed by atoms with van der Waals surface area (Å²) in [6.45, 7) is 6.35. The molecule has 0 fully saturated rings. The molecule has 2 rings (SSSR count). The first kappa shape index (κ1) is 18.8. The zero-order valence-corrected chi connectivity index (χ0v) is 15.2. The molecule has 0 aliphatic carbocycles. The highest BCUT2D eigenvalue weighted by molar-refractivity contribution is 5.76. The van der Waals surface area contributed by atoms with Crippen LogP contribution in [0.15, 0.2) is 22.7 Å². The van der Waals surface area contributed by atoms with Crippen molar-refractivity contribution in [1.29, 1.82) is 0 Å². The van der Waals surface area contributed by atoms with Crippen LogP contribution >= 0.6 is 0 Å². The van der Waals surface area contributed by atoms with Crippen molar-refractivity contribution in [2.75, 3.05) is 13.7 Å². The monoisotopic (exact) mass is 347 g/mol. The topological polar surface area (TPSA) is 86.5 Å². The maximum absolute atomic E-state index is 11.6. The fourth-order valence-electron chi connectivity index (χ4n) is 2.35. The number of aryl methyl sites for hydroxylation is 1. The lowest BCUT2D eigenvalue weighted by atomic mass is 10.2. The standard InChI is InChI=1S/C18H25N3O4/c1-5-24-14-10-9-13(11-15(14)23-4)18-20-17(25-21-18)8-6-7-16(22)19-12(2)3/h9-12H,5-8H2,1-4H3,(H,19,22). The molecule has 2 aromatic rings. The second-order valence-electron chi connectivity index (χ2n) is 5.89. The predicted molar refractivity (Wildman–Crippen MR) is 93.7 cm³/mol. The van der Waals surface area contributed by atoms with Gasteiger partial charge in [0.25, 0.3) is 0 Å². The summed E-state index contributed by atoms with van der Waals surface area (Å²) < 4.78 is 16.1. The van der Waals surface area contributed by atoms with Crippen molar-refractivity contribution in [3.63, 3.8) is 0 Å². The minimum Gasteiger partial charge on any atom is -0.493 e. The number of benzene rings is 1. The summed E-state index contributed by atoms with van der Waals surface area (Å²) in [4.78, 5) is 16.0. The minimum atomic E-state index is 0.0333. The van der Waals surface area contributed by atoms with Gasteiger partial charge in [-0.05, 0) is 45.4 Å². The molecule has 0 aliphatic heterocycles. The Bertz CT molecular complexity index is 697. The number of hydrogen-bond donors (Lipinski definition) is 1. The Labute approximate surface area is 147 Å². The first-order chi connectivity index (χ1) is 12.0. The Balaban J connectivity index is 1.97.